The monoisotopic (exact) mass is 217 g/mol. The maximum Gasteiger partial charge on any atom is 0.119 e. The number of rotatable bonds is 3. The Bertz CT molecular complexity index is 496. The van der Waals surface area contributed by atoms with E-state index in [1.807, 2.05) is 30.3 Å². The lowest BCUT2D eigenvalue weighted by Gasteiger charge is -2.12. The van der Waals surface area contributed by atoms with E-state index < -0.39 is 0 Å². The van der Waals surface area contributed by atoms with E-state index in [0.29, 0.717) is 6.42 Å². The summed E-state index contributed by atoms with van der Waals surface area (Å²) in [6, 6.07) is 11.0. The Hall–Kier alpha value is -1.58. The molecule has 0 saturated heterocycles. The number of nitrogens with two attached hydrogens (primary N) is 1. The summed E-state index contributed by atoms with van der Waals surface area (Å²) >= 11 is 0. The van der Waals surface area contributed by atoms with E-state index in [2.05, 4.69) is 0 Å². The highest BCUT2D eigenvalue weighted by molar-refractivity contribution is 5.87. The van der Waals surface area contributed by atoms with E-state index >= 15 is 0 Å². The molecule has 2 rings (SSSR count). The highest BCUT2D eigenvalue weighted by Crippen LogP contribution is 2.27. The van der Waals surface area contributed by atoms with Crippen molar-refractivity contribution >= 4 is 10.8 Å². The number of hydrogen-bond donors (Lipinski definition) is 3. The van der Waals surface area contributed by atoms with Crippen LogP contribution in [0.25, 0.3) is 10.8 Å². The van der Waals surface area contributed by atoms with Crippen molar-refractivity contribution in [2.45, 2.75) is 12.5 Å². The third kappa shape index (κ3) is 2.01. The summed E-state index contributed by atoms with van der Waals surface area (Å²) in [6.07, 6.45) is 0.476. The number of aromatic hydroxyl groups is 1. The summed E-state index contributed by atoms with van der Waals surface area (Å²) in [6.45, 7) is -0.0807. The van der Waals surface area contributed by atoms with Gasteiger partial charge >= 0.3 is 0 Å². The highest BCUT2D eigenvalue weighted by atomic mass is 16.3. The molecule has 0 bridgehead atoms. The largest absolute Gasteiger partial charge is 0.508 e. The third-order valence-corrected chi connectivity index (χ3v) is 2.72. The van der Waals surface area contributed by atoms with Gasteiger partial charge in [0, 0.05) is 11.6 Å². The molecule has 16 heavy (non-hydrogen) atoms. The Kier molecular flexibility index (Phi) is 3.08. The zero-order valence-corrected chi connectivity index (χ0v) is 8.93. The molecular weight excluding hydrogens is 202 g/mol. The van der Waals surface area contributed by atoms with Gasteiger partial charge in [-0.2, -0.15) is 0 Å². The molecule has 84 valence electrons. The normalized spacial score (nSPS) is 12.9. The molecule has 0 aromatic heterocycles. The van der Waals surface area contributed by atoms with E-state index in [0.717, 1.165) is 16.3 Å². The molecule has 3 heteroatoms. The molecule has 0 aliphatic heterocycles. The minimum atomic E-state index is -0.336. The minimum absolute atomic E-state index is 0.0807. The quantitative estimate of drug-likeness (QED) is 0.728. The van der Waals surface area contributed by atoms with Crippen molar-refractivity contribution in [2.24, 2.45) is 5.73 Å². The van der Waals surface area contributed by atoms with Gasteiger partial charge in [-0.3, -0.25) is 0 Å². The zero-order valence-electron chi connectivity index (χ0n) is 8.93. The first-order chi connectivity index (χ1) is 7.72. The molecule has 2 aromatic carbocycles. The summed E-state index contributed by atoms with van der Waals surface area (Å²) in [5.41, 5.74) is 6.51. The topological polar surface area (TPSA) is 66.5 Å². The number of fused-ring (bicyclic) bond motifs is 1. The average Bonchev–Trinajstić information content (AvgIpc) is 2.32. The van der Waals surface area contributed by atoms with Gasteiger partial charge in [0.05, 0.1) is 6.61 Å². The minimum Gasteiger partial charge on any atom is -0.508 e. The smallest absolute Gasteiger partial charge is 0.119 e. The second kappa shape index (κ2) is 4.51. The molecule has 0 radical (unpaired) electrons. The van der Waals surface area contributed by atoms with Gasteiger partial charge < -0.3 is 15.9 Å². The van der Waals surface area contributed by atoms with Crippen LogP contribution >= 0.6 is 0 Å². The van der Waals surface area contributed by atoms with Gasteiger partial charge in [-0.1, -0.05) is 30.3 Å². The van der Waals surface area contributed by atoms with Crippen molar-refractivity contribution in [3.05, 3.63) is 42.0 Å². The molecule has 0 fully saturated rings. The van der Waals surface area contributed by atoms with Crippen LogP contribution in [0.15, 0.2) is 36.4 Å². The number of aliphatic hydroxyl groups excluding tert-OH is 1. The molecule has 3 nitrogen and oxygen atoms in total. The highest BCUT2D eigenvalue weighted by Gasteiger charge is 2.10. The van der Waals surface area contributed by atoms with Gasteiger partial charge in [0.1, 0.15) is 5.75 Å². The molecule has 0 saturated carbocycles. The summed E-state index contributed by atoms with van der Waals surface area (Å²) in [5, 5.41) is 20.8. The van der Waals surface area contributed by atoms with Crippen LogP contribution in [0.2, 0.25) is 0 Å². The Morgan fingerprint density at radius 3 is 2.62 bits per heavy atom. The summed E-state index contributed by atoms with van der Waals surface area (Å²) in [7, 11) is 0. The standard InChI is InChI=1S/C13H15NO2/c14-10(8-15)7-12-11-4-2-1-3-9(11)5-6-13(12)16/h1-6,10,15-16H,7-8,14H2. The SMILES string of the molecule is NC(CO)Cc1c(O)ccc2ccccc12. The van der Waals surface area contributed by atoms with Gasteiger partial charge in [0.2, 0.25) is 0 Å². The first-order valence-corrected chi connectivity index (χ1v) is 5.28. The van der Waals surface area contributed by atoms with Crippen molar-refractivity contribution < 1.29 is 10.2 Å². The Morgan fingerprint density at radius 2 is 1.88 bits per heavy atom. The molecular formula is C13H15NO2. The van der Waals surface area contributed by atoms with Crippen LogP contribution in [0, 0.1) is 0 Å². The number of benzene rings is 2. The first kappa shape index (κ1) is 10.9. The van der Waals surface area contributed by atoms with Crippen LogP contribution in [-0.4, -0.2) is 22.9 Å². The van der Waals surface area contributed by atoms with Gasteiger partial charge in [-0.15, -0.1) is 0 Å². The summed E-state index contributed by atoms with van der Waals surface area (Å²) < 4.78 is 0. The number of phenolic OH excluding ortho intramolecular Hbond substituents is 1. The van der Waals surface area contributed by atoms with Crippen molar-refractivity contribution in [3.63, 3.8) is 0 Å². The van der Waals surface area contributed by atoms with Crippen molar-refractivity contribution in [2.75, 3.05) is 6.61 Å². The van der Waals surface area contributed by atoms with Crippen molar-refractivity contribution in [3.8, 4) is 5.75 Å². The van der Waals surface area contributed by atoms with Gasteiger partial charge in [-0.25, -0.2) is 0 Å². The number of phenols is 1. The maximum absolute atomic E-state index is 9.82. The summed E-state index contributed by atoms with van der Waals surface area (Å²) in [5.74, 6) is 0.239. The van der Waals surface area contributed by atoms with Crippen LogP contribution in [-0.2, 0) is 6.42 Å². The van der Waals surface area contributed by atoms with E-state index in [1.54, 1.807) is 6.07 Å². The van der Waals surface area contributed by atoms with Crippen LogP contribution < -0.4 is 5.73 Å². The lowest BCUT2D eigenvalue weighted by molar-refractivity contribution is 0.265. The van der Waals surface area contributed by atoms with Crippen LogP contribution in [0.4, 0.5) is 0 Å². The van der Waals surface area contributed by atoms with Gasteiger partial charge in [0.25, 0.3) is 0 Å². The lowest BCUT2D eigenvalue weighted by Crippen LogP contribution is -2.26. The molecule has 1 unspecified atom stereocenters. The lowest BCUT2D eigenvalue weighted by atomic mass is 9.98. The van der Waals surface area contributed by atoms with E-state index in [1.165, 1.54) is 0 Å². The van der Waals surface area contributed by atoms with E-state index in [9.17, 15) is 5.11 Å². The van der Waals surface area contributed by atoms with E-state index in [-0.39, 0.29) is 18.4 Å². The van der Waals surface area contributed by atoms with Crippen molar-refractivity contribution in [1.29, 1.82) is 0 Å². The van der Waals surface area contributed by atoms with Crippen LogP contribution in [0.1, 0.15) is 5.56 Å². The second-order valence-electron chi connectivity index (χ2n) is 3.93. The maximum atomic E-state index is 9.82. The molecule has 0 spiro atoms. The van der Waals surface area contributed by atoms with Gasteiger partial charge in [0.15, 0.2) is 0 Å². The molecule has 0 amide bonds. The fraction of sp³-hybridized carbons (Fsp3) is 0.231. The Morgan fingerprint density at radius 1 is 1.12 bits per heavy atom. The molecule has 1 atom stereocenters. The van der Waals surface area contributed by atoms with Crippen LogP contribution in [0.5, 0.6) is 5.75 Å². The Labute approximate surface area is 94.1 Å². The molecule has 0 aliphatic carbocycles. The van der Waals surface area contributed by atoms with Crippen LogP contribution in [0.3, 0.4) is 0 Å². The summed E-state index contributed by atoms with van der Waals surface area (Å²) in [4.78, 5) is 0. The third-order valence-electron chi connectivity index (χ3n) is 2.72. The predicted molar refractivity (Wildman–Crippen MR) is 64.4 cm³/mol. The molecule has 2 aromatic rings. The van der Waals surface area contributed by atoms with E-state index in [4.69, 9.17) is 10.8 Å². The number of hydrogen-bond acceptors (Lipinski definition) is 3. The van der Waals surface area contributed by atoms with Crippen molar-refractivity contribution in [1.82, 2.24) is 0 Å². The fourth-order valence-corrected chi connectivity index (χ4v) is 1.87. The second-order valence-corrected chi connectivity index (χ2v) is 3.93. The zero-order chi connectivity index (χ0) is 11.5. The first-order valence-electron chi connectivity index (χ1n) is 5.28. The fourth-order valence-electron chi connectivity index (χ4n) is 1.87. The molecule has 4 N–H and O–H groups in total. The molecule has 0 heterocycles. The Balaban J connectivity index is 2.52. The average molecular weight is 217 g/mol. The number of aliphatic hydroxyl groups is 1. The molecule has 0 aliphatic rings. The van der Waals surface area contributed by atoms with Gasteiger partial charge in [-0.05, 0) is 23.3 Å². The predicted octanol–water partition coefficient (Wildman–Crippen LogP) is 1.41.